The van der Waals surface area contributed by atoms with E-state index in [0.717, 1.165) is 12.0 Å². The van der Waals surface area contributed by atoms with Crippen LogP contribution in [0.4, 0.5) is 5.95 Å². The van der Waals surface area contributed by atoms with Crippen LogP contribution >= 0.6 is 0 Å². The molecule has 3 aromatic rings. The summed E-state index contributed by atoms with van der Waals surface area (Å²) in [6, 6.07) is 17.5. The van der Waals surface area contributed by atoms with Crippen molar-refractivity contribution in [2.24, 2.45) is 0 Å². The standard InChI is InChI=1S/C18H17N3O2/c22-17-13-8-4-5-9-14(13)19-18(21-17)20-15-10-11-23-16(15)12-6-2-1-3-7-12/h1-9,15-16H,10-11H2,(H2,19,20,21,22)/t15-,16-/m0/s1. The van der Waals surface area contributed by atoms with Crippen LogP contribution < -0.4 is 10.9 Å². The summed E-state index contributed by atoms with van der Waals surface area (Å²) in [7, 11) is 0. The SMILES string of the molecule is O=c1[nH]c(N[C@H]2CCO[C@H]2c2ccccc2)nc2ccccc12. The molecule has 0 amide bonds. The highest BCUT2D eigenvalue weighted by Crippen LogP contribution is 2.30. The van der Waals surface area contributed by atoms with Gasteiger partial charge in [-0.15, -0.1) is 0 Å². The number of para-hydroxylation sites is 1. The fourth-order valence-electron chi connectivity index (χ4n) is 3.04. The fourth-order valence-corrected chi connectivity index (χ4v) is 3.04. The molecule has 2 aromatic carbocycles. The first-order valence-corrected chi connectivity index (χ1v) is 7.73. The van der Waals surface area contributed by atoms with Crippen molar-refractivity contribution < 1.29 is 4.74 Å². The molecule has 2 N–H and O–H groups in total. The first kappa shape index (κ1) is 14.0. The molecule has 1 saturated heterocycles. The van der Waals surface area contributed by atoms with E-state index in [2.05, 4.69) is 27.4 Å². The Kier molecular flexibility index (Phi) is 3.55. The smallest absolute Gasteiger partial charge is 0.260 e. The first-order chi connectivity index (χ1) is 11.3. The number of H-pyrrole nitrogens is 1. The first-order valence-electron chi connectivity index (χ1n) is 7.73. The third-order valence-electron chi connectivity index (χ3n) is 4.15. The molecule has 0 unspecified atom stereocenters. The molecule has 1 aliphatic rings. The summed E-state index contributed by atoms with van der Waals surface area (Å²) < 4.78 is 5.86. The van der Waals surface area contributed by atoms with E-state index in [-0.39, 0.29) is 17.7 Å². The summed E-state index contributed by atoms with van der Waals surface area (Å²) in [5.41, 5.74) is 1.69. The van der Waals surface area contributed by atoms with E-state index < -0.39 is 0 Å². The van der Waals surface area contributed by atoms with Gasteiger partial charge in [-0.3, -0.25) is 9.78 Å². The summed E-state index contributed by atoms with van der Waals surface area (Å²) in [5, 5.41) is 3.93. The summed E-state index contributed by atoms with van der Waals surface area (Å²) in [6.07, 6.45) is 0.837. The average Bonchev–Trinajstić information content (AvgIpc) is 3.04. The second-order valence-corrected chi connectivity index (χ2v) is 5.67. The Balaban J connectivity index is 1.63. The monoisotopic (exact) mass is 307 g/mol. The van der Waals surface area contributed by atoms with E-state index in [0.29, 0.717) is 23.5 Å². The maximum atomic E-state index is 12.2. The van der Waals surface area contributed by atoms with Crippen molar-refractivity contribution in [3.05, 3.63) is 70.5 Å². The number of rotatable bonds is 3. The summed E-state index contributed by atoms with van der Waals surface area (Å²) in [4.78, 5) is 19.5. The molecule has 1 aliphatic heterocycles. The molecule has 23 heavy (non-hydrogen) atoms. The molecule has 1 fully saturated rings. The van der Waals surface area contributed by atoms with Gasteiger partial charge >= 0.3 is 0 Å². The van der Waals surface area contributed by atoms with Crippen LogP contribution in [0.5, 0.6) is 0 Å². The number of fused-ring (bicyclic) bond motifs is 1. The van der Waals surface area contributed by atoms with Crippen LogP contribution in [-0.4, -0.2) is 22.6 Å². The second kappa shape index (κ2) is 5.85. The Labute approximate surface area is 133 Å². The van der Waals surface area contributed by atoms with Crippen LogP contribution in [-0.2, 0) is 4.74 Å². The average molecular weight is 307 g/mol. The van der Waals surface area contributed by atoms with Gasteiger partial charge in [0.25, 0.3) is 5.56 Å². The Hall–Kier alpha value is -2.66. The third-order valence-corrected chi connectivity index (χ3v) is 4.15. The molecule has 0 radical (unpaired) electrons. The highest BCUT2D eigenvalue weighted by Gasteiger charge is 2.30. The molecule has 5 nitrogen and oxygen atoms in total. The van der Waals surface area contributed by atoms with Gasteiger partial charge in [0.15, 0.2) is 0 Å². The second-order valence-electron chi connectivity index (χ2n) is 5.67. The van der Waals surface area contributed by atoms with E-state index in [1.54, 1.807) is 6.07 Å². The third kappa shape index (κ3) is 2.71. The number of aromatic amines is 1. The predicted octanol–water partition coefficient (Wildman–Crippen LogP) is 2.87. The summed E-state index contributed by atoms with van der Waals surface area (Å²) in [6.45, 7) is 0.690. The van der Waals surface area contributed by atoms with Gasteiger partial charge in [0, 0.05) is 6.61 Å². The van der Waals surface area contributed by atoms with Gasteiger partial charge in [0.1, 0.15) is 6.10 Å². The molecule has 1 aromatic heterocycles. The van der Waals surface area contributed by atoms with Crippen LogP contribution in [0.15, 0.2) is 59.4 Å². The number of nitrogens with one attached hydrogen (secondary N) is 2. The molecule has 116 valence electrons. The Bertz CT molecular complexity index is 876. The fraction of sp³-hybridized carbons (Fsp3) is 0.222. The lowest BCUT2D eigenvalue weighted by Gasteiger charge is -2.20. The maximum absolute atomic E-state index is 12.2. The van der Waals surface area contributed by atoms with Gasteiger partial charge < -0.3 is 10.1 Å². The number of anilines is 1. The number of hydrogen-bond donors (Lipinski definition) is 2. The van der Waals surface area contributed by atoms with Crippen LogP contribution in [0, 0.1) is 0 Å². The van der Waals surface area contributed by atoms with Crippen molar-refractivity contribution in [1.82, 2.24) is 9.97 Å². The highest BCUT2D eigenvalue weighted by atomic mass is 16.5. The van der Waals surface area contributed by atoms with Crippen molar-refractivity contribution >= 4 is 16.9 Å². The van der Waals surface area contributed by atoms with Crippen molar-refractivity contribution in [1.29, 1.82) is 0 Å². The van der Waals surface area contributed by atoms with Gasteiger partial charge in [-0.25, -0.2) is 4.98 Å². The lowest BCUT2D eigenvalue weighted by atomic mass is 10.0. The minimum Gasteiger partial charge on any atom is -0.371 e. The molecular formula is C18H17N3O2. The molecular weight excluding hydrogens is 290 g/mol. The van der Waals surface area contributed by atoms with Crippen molar-refractivity contribution in [2.45, 2.75) is 18.6 Å². The Morgan fingerprint density at radius 2 is 1.87 bits per heavy atom. The maximum Gasteiger partial charge on any atom is 0.260 e. The van der Waals surface area contributed by atoms with E-state index in [1.807, 2.05) is 36.4 Å². The molecule has 5 heteroatoms. The van der Waals surface area contributed by atoms with Crippen LogP contribution in [0.1, 0.15) is 18.1 Å². The van der Waals surface area contributed by atoms with Gasteiger partial charge in [-0.05, 0) is 24.1 Å². The number of benzene rings is 2. The van der Waals surface area contributed by atoms with Gasteiger partial charge in [0.2, 0.25) is 5.95 Å². The van der Waals surface area contributed by atoms with E-state index in [1.165, 1.54) is 0 Å². The Morgan fingerprint density at radius 1 is 1.09 bits per heavy atom. The molecule has 4 rings (SSSR count). The molecule has 0 aliphatic carbocycles. The highest BCUT2D eigenvalue weighted by molar-refractivity contribution is 5.78. The Morgan fingerprint density at radius 3 is 2.74 bits per heavy atom. The lowest BCUT2D eigenvalue weighted by molar-refractivity contribution is 0.107. The summed E-state index contributed by atoms with van der Waals surface area (Å²) >= 11 is 0. The van der Waals surface area contributed by atoms with Gasteiger partial charge in [0.05, 0.1) is 16.9 Å². The van der Waals surface area contributed by atoms with E-state index in [4.69, 9.17) is 4.74 Å². The van der Waals surface area contributed by atoms with Crippen molar-refractivity contribution in [2.75, 3.05) is 11.9 Å². The minimum atomic E-state index is -0.131. The van der Waals surface area contributed by atoms with E-state index >= 15 is 0 Å². The van der Waals surface area contributed by atoms with Crippen molar-refractivity contribution in [3.63, 3.8) is 0 Å². The molecule has 2 atom stereocenters. The number of ether oxygens (including phenoxy) is 1. The lowest BCUT2D eigenvalue weighted by Crippen LogP contribution is -2.26. The topological polar surface area (TPSA) is 67.0 Å². The number of aromatic nitrogens is 2. The predicted molar refractivity (Wildman–Crippen MR) is 89.5 cm³/mol. The van der Waals surface area contributed by atoms with Gasteiger partial charge in [-0.1, -0.05) is 42.5 Å². The minimum absolute atomic E-state index is 0.0343. The zero-order chi connectivity index (χ0) is 15.6. The molecule has 0 bridgehead atoms. The zero-order valence-electron chi connectivity index (χ0n) is 12.5. The summed E-state index contributed by atoms with van der Waals surface area (Å²) in [5.74, 6) is 0.491. The normalized spacial score (nSPS) is 20.7. The molecule has 2 heterocycles. The van der Waals surface area contributed by atoms with Gasteiger partial charge in [-0.2, -0.15) is 0 Å². The van der Waals surface area contributed by atoms with Crippen LogP contribution in [0.25, 0.3) is 10.9 Å². The zero-order valence-corrected chi connectivity index (χ0v) is 12.5. The number of nitrogens with zero attached hydrogens (tertiary/aromatic N) is 1. The quantitative estimate of drug-likeness (QED) is 0.781. The van der Waals surface area contributed by atoms with Crippen LogP contribution in [0.3, 0.4) is 0 Å². The molecule has 0 saturated carbocycles. The molecule has 0 spiro atoms. The van der Waals surface area contributed by atoms with Crippen molar-refractivity contribution in [3.8, 4) is 0 Å². The van der Waals surface area contributed by atoms with E-state index in [9.17, 15) is 4.79 Å². The largest absolute Gasteiger partial charge is 0.371 e. The number of hydrogen-bond acceptors (Lipinski definition) is 4. The van der Waals surface area contributed by atoms with Crippen LogP contribution in [0.2, 0.25) is 0 Å².